The summed E-state index contributed by atoms with van der Waals surface area (Å²) >= 11 is 6.38. The largest absolute Gasteiger partial charge is 0.493 e. The third-order valence-electron chi connectivity index (χ3n) is 4.47. The summed E-state index contributed by atoms with van der Waals surface area (Å²) in [6.45, 7) is 2.75. The van der Waals surface area contributed by atoms with Crippen molar-refractivity contribution < 1.29 is 9.47 Å². The van der Waals surface area contributed by atoms with E-state index >= 15 is 0 Å². The Bertz CT molecular complexity index is 476. The number of nitrogens with one attached hydrogen (secondary N) is 1. The van der Waals surface area contributed by atoms with E-state index in [1.807, 2.05) is 12.1 Å². The highest BCUT2D eigenvalue weighted by Crippen LogP contribution is 2.37. The zero-order valence-electron chi connectivity index (χ0n) is 13.8. The Kier molecular flexibility index (Phi) is 6.80. The van der Waals surface area contributed by atoms with Crippen LogP contribution in [0.25, 0.3) is 0 Å². The molecule has 5 heteroatoms. The minimum absolute atomic E-state index is 0.603. The molecule has 1 fully saturated rings. The Hall–Kier alpha value is -0.970. The van der Waals surface area contributed by atoms with E-state index in [2.05, 4.69) is 17.3 Å². The maximum absolute atomic E-state index is 6.38. The molecule has 1 aliphatic carbocycles. The first-order chi connectivity index (χ1) is 10.7. The SMILES string of the molecule is COc1ccc(CNCCN(C)C2CCCC2)c(Cl)c1OC. The van der Waals surface area contributed by atoms with Gasteiger partial charge in [-0.15, -0.1) is 0 Å². The van der Waals surface area contributed by atoms with E-state index in [1.165, 1.54) is 25.7 Å². The van der Waals surface area contributed by atoms with Gasteiger partial charge in [0.2, 0.25) is 0 Å². The van der Waals surface area contributed by atoms with Crippen LogP contribution in [0.15, 0.2) is 12.1 Å². The molecule has 1 saturated carbocycles. The number of rotatable bonds is 8. The fourth-order valence-corrected chi connectivity index (χ4v) is 3.37. The molecule has 124 valence electrons. The first-order valence-corrected chi connectivity index (χ1v) is 8.35. The van der Waals surface area contributed by atoms with Gasteiger partial charge in [-0.25, -0.2) is 0 Å². The lowest BCUT2D eigenvalue weighted by atomic mass is 10.2. The second-order valence-electron chi connectivity index (χ2n) is 5.87. The molecule has 1 aromatic carbocycles. The zero-order valence-corrected chi connectivity index (χ0v) is 14.6. The van der Waals surface area contributed by atoms with E-state index in [1.54, 1.807) is 14.2 Å². The molecule has 0 atom stereocenters. The number of ether oxygens (including phenoxy) is 2. The van der Waals surface area contributed by atoms with Crippen molar-refractivity contribution in [3.8, 4) is 11.5 Å². The van der Waals surface area contributed by atoms with Crippen LogP contribution in [0.3, 0.4) is 0 Å². The van der Waals surface area contributed by atoms with Crippen LogP contribution in [0.2, 0.25) is 5.02 Å². The molecule has 0 aromatic heterocycles. The molecule has 22 heavy (non-hydrogen) atoms. The number of methoxy groups -OCH3 is 2. The topological polar surface area (TPSA) is 33.7 Å². The molecule has 0 amide bonds. The summed E-state index contributed by atoms with van der Waals surface area (Å²) in [6, 6.07) is 4.65. The Morgan fingerprint density at radius 1 is 1.23 bits per heavy atom. The molecule has 0 spiro atoms. The number of benzene rings is 1. The van der Waals surface area contributed by atoms with E-state index in [0.717, 1.165) is 31.2 Å². The molecule has 0 saturated heterocycles. The average molecular weight is 327 g/mol. The summed E-state index contributed by atoms with van der Waals surface area (Å²) in [5.74, 6) is 1.27. The molecule has 0 aliphatic heterocycles. The van der Waals surface area contributed by atoms with Crippen LogP contribution in [0.4, 0.5) is 0 Å². The van der Waals surface area contributed by atoms with Gasteiger partial charge in [0.15, 0.2) is 11.5 Å². The van der Waals surface area contributed by atoms with Crippen LogP contribution in [0.1, 0.15) is 31.2 Å². The average Bonchev–Trinajstić information content (AvgIpc) is 3.06. The third-order valence-corrected chi connectivity index (χ3v) is 4.88. The second-order valence-corrected chi connectivity index (χ2v) is 6.25. The third kappa shape index (κ3) is 4.28. The predicted octanol–water partition coefficient (Wildman–Crippen LogP) is 3.32. The van der Waals surface area contributed by atoms with Gasteiger partial charge in [0.25, 0.3) is 0 Å². The van der Waals surface area contributed by atoms with Crippen LogP contribution < -0.4 is 14.8 Å². The Balaban J connectivity index is 1.81. The van der Waals surface area contributed by atoms with Gasteiger partial charge in [-0.2, -0.15) is 0 Å². The minimum atomic E-state index is 0.603. The molecule has 2 rings (SSSR count). The zero-order chi connectivity index (χ0) is 15.9. The van der Waals surface area contributed by atoms with Gasteiger partial charge in [0.05, 0.1) is 19.2 Å². The van der Waals surface area contributed by atoms with Crippen molar-refractivity contribution in [3.05, 3.63) is 22.7 Å². The lowest BCUT2D eigenvalue weighted by Crippen LogP contribution is -2.35. The van der Waals surface area contributed by atoms with Gasteiger partial charge in [-0.1, -0.05) is 30.5 Å². The lowest BCUT2D eigenvalue weighted by Gasteiger charge is -2.24. The number of halogens is 1. The quantitative estimate of drug-likeness (QED) is 0.743. The monoisotopic (exact) mass is 326 g/mol. The first kappa shape index (κ1) is 17.4. The number of nitrogens with zero attached hydrogens (tertiary/aromatic N) is 1. The molecule has 0 heterocycles. The van der Waals surface area contributed by atoms with Gasteiger partial charge in [-0.3, -0.25) is 0 Å². The number of likely N-dealkylation sites (N-methyl/N-ethyl adjacent to an activating group) is 1. The van der Waals surface area contributed by atoms with Gasteiger partial charge in [0, 0.05) is 25.7 Å². The van der Waals surface area contributed by atoms with Crippen LogP contribution >= 0.6 is 11.6 Å². The number of hydrogen-bond donors (Lipinski definition) is 1. The maximum Gasteiger partial charge on any atom is 0.179 e. The molecule has 1 aromatic rings. The van der Waals surface area contributed by atoms with Crippen molar-refractivity contribution >= 4 is 11.6 Å². The number of hydrogen-bond acceptors (Lipinski definition) is 4. The lowest BCUT2D eigenvalue weighted by molar-refractivity contribution is 0.245. The van der Waals surface area contributed by atoms with Crippen LogP contribution in [0.5, 0.6) is 11.5 Å². The van der Waals surface area contributed by atoms with E-state index < -0.39 is 0 Å². The highest BCUT2D eigenvalue weighted by atomic mass is 35.5. The normalized spacial score (nSPS) is 15.5. The van der Waals surface area contributed by atoms with E-state index in [-0.39, 0.29) is 0 Å². The molecular formula is C17H27ClN2O2. The van der Waals surface area contributed by atoms with E-state index in [4.69, 9.17) is 21.1 Å². The highest BCUT2D eigenvalue weighted by molar-refractivity contribution is 6.33. The van der Waals surface area contributed by atoms with E-state index in [0.29, 0.717) is 16.5 Å². The Labute approximate surface area is 138 Å². The fraction of sp³-hybridized carbons (Fsp3) is 0.647. The summed E-state index contributed by atoms with van der Waals surface area (Å²) in [5.41, 5.74) is 1.03. The summed E-state index contributed by atoms with van der Waals surface area (Å²) in [4.78, 5) is 2.47. The van der Waals surface area contributed by atoms with Crippen LogP contribution in [-0.2, 0) is 6.54 Å². The Morgan fingerprint density at radius 3 is 2.59 bits per heavy atom. The molecule has 4 nitrogen and oxygen atoms in total. The minimum Gasteiger partial charge on any atom is -0.493 e. The van der Waals surface area contributed by atoms with Crippen molar-refractivity contribution in [1.29, 1.82) is 0 Å². The molecular weight excluding hydrogens is 300 g/mol. The summed E-state index contributed by atoms with van der Waals surface area (Å²) < 4.78 is 10.6. The molecule has 0 radical (unpaired) electrons. The van der Waals surface area contributed by atoms with Gasteiger partial charge >= 0.3 is 0 Å². The van der Waals surface area contributed by atoms with Crippen molar-refractivity contribution in [2.45, 2.75) is 38.3 Å². The molecule has 1 N–H and O–H groups in total. The Morgan fingerprint density at radius 2 is 1.95 bits per heavy atom. The predicted molar refractivity (Wildman–Crippen MR) is 91.1 cm³/mol. The van der Waals surface area contributed by atoms with Gasteiger partial charge in [0.1, 0.15) is 0 Å². The molecule has 1 aliphatic rings. The fourth-order valence-electron chi connectivity index (χ4n) is 3.07. The standard InChI is InChI=1S/C17H27ClN2O2/c1-20(14-6-4-5-7-14)11-10-19-12-13-8-9-15(21-2)17(22-3)16(13)18/h8-9,14,19H,4-7,10-12H2,1-3H3. The van der Waals surface area contributed by atoms with Gasteiger partial charge in [-0.05, 0) is 31.5 Å². The van der Waals surface area contributed by atoms with Crippen molar-refractivity contribution in [2.24, 2.45) is 0 Å². The van der Waals surface area contributed by atoms with Crippen molar-refractivity contribution in [3.63, 3.8) is 0 Å². The van der Waals surface area contributed by atoms with Crippen LogP contribution in [0, 0.1) is 0 Å². The van der Waals surface area contributed by atoms with Gasteiger partial charge < -0.3 is 19.7 Å². The van der Waals surface area contributed by atoms with Crippen molar-refractivity contribution in [2.75, 3.05) is 34.4 Å². The first-order valence-electron chi connectivity index (χ1n) is 7.97. The highest BCUT2D eigenvalue weighted by Gasteiger charge is 2.18. The van der Waals surface area contributed by atoms with Crippen LogP contribution in [-0.4, -0.2) is 45.3 Å². The maximum atomic E-state index is 6.38. The summed E-state index contributed by atoms with van der Waals surface area (Å²) in [5, 5.41) is 4.09. The summed E-state index contributed by atoms with van der Waals surface area (Å²) in [6.07, 6.45) is 5.45. The summed E-state index contributed by atoms with van der Waals surface area (Å²) in [7, 11) is 5.45. The van der Waals surface area contributed by atoms with Crippen molar-refractivity contribution in [1.82, 2.24) is 10.2 Å². The van der Waals surface area contributed by atoms with E-state index in [9.17, 15) is 0 Å². The second kappa shape index (κ2) is 8.61. The molecule has 0 bridgehead atoms. The smallest absolute Gasteiger partial charge is 0.179 e. The molecule has 0 unspecified atom stereocenters.